The van der Waals surface area contributed by atoms with E-state index in [4.69, 9.17) is 5.11 Å². The van der Waals surface area contributed by atoms with E-state index in [-0.39, 0.29) is 24.5 Å². The van der Waals surface area contributed by atoms with Crippen LogP contribution in [0.1, 0.15) is 27.9 Å². The monoisotopic (exact) mass is 225 g/mol. The number of aliphatic hydroxyl groups is 1. The molecule has 0 aromatic carbocycles. The maximum Gasteiger partial charge on any atom is 0.354 e. The number of H-pyrrole nitrogens is 1. The zero-order chi connectivity index (χ0) is 11.9. The minimum Gasteiger partial charge on any atom is -0.477 e. The number of nitrogens with one attached hydrogen (secondary N) is 1. The quantitative estimate of drug-likeness (QED) is 0.618. The van der Waals surface area contributed by atoms with E-state index in [2.05, 4.69) is 9.97 Å². The number of hydrogen-bond donors (Lipinski definition) is 3. The summed E-state index contributed by atoms with van der Waals surface area (Å²) < 4.78 is 0. The van der Waals surface area contributed by atoms with Crippen molar-refractivity contribution in [3.63, 3.8) is 0 Å². The maximum absolute atomic E-state index is 11.8. The van der Waals surface area contributed by atoms with Gasteiger partial charge in [-0.2, -0.15) is 0 Å². The molecule has 1 amide bonds. The second kappa shape index (κ2) is 3.31. The number of nitrogens with zero attached hydrogens (tertiary/aromatic N) is 2. The van der Waals surface area contributed by atoms with Crippen molar-refractivity contribution in [1.29, 1.82) is 0 Å². The molecule has 16 heavy (non-hydrogen) atoms. The first-order valence-electron chi connectivity index (χ1n) is 4.69. The minimum absolute atomic E-state index is 0.122. The van der Waals surface area contributed by atoms with E-state index in [0.717, 1.165) is 6.33 Å². The minimum atomic E-state index is -1.23. The van der Waals surface area contributed by atoms with Crippen LogP contribution in [0.3, 0.4) is 0 Å². The predicted octanol–water partition coefficient (Wildman–Crippen LogP) is -0.685. The number of likely N-dealkylation sites (tertiary alicyclic amines) is 1. The lowest BCUT2D eigenvalue weighted by molar-refractivity contribution is -0.0670. The SMILES string of the molecule is CC1(O)CN(C(=O)c2nc[nH]c2C(=O)O)C1. The van der Waals surface area contributed by atoms with Gasteiger partial charge in [-0.15, -0.1) is 0 Å². The molecule has 0 radical (unpaired) electrons. The third-order valence-corrected chi connectivity index (χ3v) is 2.41. The fourth-order valence-electron chi connectivity index (χ4n) is 1.69. The van der Waals surface area contributed by atoms with Gasteiger partial charge >= 0.3 is 5.97 Å². The molecule has 0 atom stereocenters. The Hall–Kier alpha value is -1.89. The van der Waals surface area contributed by atoms with Crippen LogP contribution >= 0.6 is 0 Å². The fraction of sp³-hybridized carbons (Fsp3) is 0.444. The number of β-amino-alcohol motifs (C(OH)–C–C–N with tert-alkyl or cyclic N) is 1. The van der Waals surface area contributed by atoms with Gasteiger partial charge in [-0.3, -0.25) is 4.79 Å². The molecule has 3 N–H and O–H groups in total. The Kier molecular flexibility index (Phi) is 2.20. The lowest BCUT2D eigenvalue weighted by atomic mass is 9.96. The molecule has 86 valence electrons. The van der Waals surface area contributed by atoms with Crippen LogP contribution in [0.2, 0.25) is 0 Å². The molecule has 0 unspecified atom stereocenters. The van der Waals surface area contributed by atoms with Gasteiger partial charge in [0.15, 0.2) is 11.4 Å². The summed E-state index contributed by atoms with van der Waals surface area (Å²) in [6.45, 7) is 1.99. The predicted molar refractivity (Wildman–Crippen MR) is 52.1 cm³/mol. The summed E-state index contributed by atoms with van der Waals surface area (Å²) in [6.07, 6.45) is 1.16. The summed E-state index contributed by atoms with van der Waals surface area (Å²) in [4.78, 5) is 29.9. The standard InChI is InChI=1S/C9H11N3O4/c1-9(16)2-12(3-9)7(13)5-6(8(14)15)11-4-10-5/h4,16H,2-3H2,1H3,(H,10,11)(H,14,15). The van der Waals surface area contributed by atoms with Gasteiger partial charge in [0.2, 0.25) is 0 Å². The summed E-state index contributed by atoms with van der Waals surface area (Å²) in [5.74, 6) is -1.71. The van der Waals surface area contributed by atoms with Crippen molar-refractivity contribution in [2.45, 2.75) is 12.5 Å². The highest BCUT2D eigenvalue weighted by Gasteiger charge is 2.41. The zero-order valence-corrected chi connectivity index (χ0v) is 8.60. The second-order valence-electron chi connectivity index (χ2n) is 4.09. The summed E-state index contributed by atoms with van der Waals surface area (Å²) in [5.41, 5.74) is -1.23. The highest BCUT2D eigenvalue weighted by molar-refractivity contribution is 6.02. The molecule has 7 heteroatoms. The Bertz CT molecular complexity index is 443. The van der Waals surface area contributed by atoms with E-state index >= 15 is 0 Å². The van der Waals surface area contributed by atoms with Gasteiger partial charge in [-0.1, -0.05) is 0 Å². The van der Waals surface area contributed by atoms with Crippen molar-refractivity contribution in [2.24, 2.45) is 0 Å². The number of rotatable bonds is 2. The Morgan fingerprint density at radius 2 is 2.19 bits per heavy atom. The van der Waals surface area contributed by atoms with E-state index in [1.54, 1.807) is 6.92 Å². The average molecular weight is 225 g/mol. The number of aromatic nitrogens is 2. The van der Waals surface area contributed by atoms with Crippen molar-refractivity contribution in [2.75, 3.05) is 13.1 Å². The van der Waals surface area contributed by atoms with Crippen LogP contribution in [0.15, 0.2) is 6.33 Å². The van der Waals surface area contributed by atoms with E-state index in [1.165, 1.54) is 4.90 Å². The third kappa shape index (κ3) is 1.65. The Morgan fingerprint density at radius 3 is 2.69 bits per heavy atom. The van der Waals surface area contributed by atoms with Crippen molar-refractivity contribution in [3.8, 4) is 0 Å². The Balaban J connectivity index is 2.16. The first kappa shape index (κ1) is 10.6. The van der Waals surface area contributed by atoms with Crippen LogP contribution in [0, 0.1) is 0 Å². The highest BCUT2D eigenvalue weighted by atomic mass is 16.4. The molecule has 1 aromatic rings. The van der Waals surface area contributed by atoms with Crippen LogP contribution in [0.5, 0.6) is 0 Å². The van der Waals surface area contributed by atoms with Gasteiger partial charge in [0, 0.05) is 0 Å². The lowest BCUT2D eigenvalue weighted by Crippen LogP contribution is -2.61. The van der Waals surface area contributed by atoms with Gasteiger partial charge in [0.1, 0.15) is 0 Å². The summed E-state index contributed by atoms with van der Waals surface area (Å²) >= 11 is 0. The first-order valence-corrected chi connectivity index (χ1v) is 4.69. The number of aromatic amines is 1. The van der Waals surface area contributed by atoms with Crippen molar-refractivity contribution >= 4 is 11.9 Å². The molecule has 0 spiro atoms. The summed E-state index contributed by atoms with van der Waals surface area (Å²) in [5, 5.41) is 18.3. The molecular formula is C9H11N3O4. The lowest BCUT2D eigenvalue weighted by Gasteiger charge is -2.43. The molecule has 0 bridgehead atoms. The molecular weight excluding hydrogens is 214 g/mol. The average Bonchev–Trinajstić information content (AvgIpc) is 2.60. The zero-order valence-electron chi connectivity index (χ0n) is 8.60. The maximum atomic E-state index is 11.8. The van der Waals surface area contributed by atoms with Crippen LogP contribution in [0.25, 0.3) is 0 Å². The van der Waals surface area contributed by atoms with Crippen LogP contribution < -0.4 is 0 Å². The van der Waals surface area contributed by atoms with Crippen molar-refractivity contribution in [1.82, 2.24) is 14.9 Å². The van der Waals surface area contributed by atoms with E-state index in [0.29, 0.717) is 0 Å². The van der Waals surface area contributed by atoms with E-state index < -0.39 is 17.5 Å². The molecule has 7 nitrogen and oxygen atoms in total. The van der Waals surface area contributed by atoms with Crippen LogP contribution in [-0.4, -0.2) is 55.6 Å². The number of carbonyl (C=O) groups is 2. The number of amides is 1. The molecule has 0 saturated carbocycles. The molecule has 1 fully saturated rings. The smallest absolute Gasteiger partial charge is 0.354 e. The topological polar surface area (TPSA) is 107 Å². The normalized spacial score (nSPS) is 18.0. The molecule has 2 heterocycles. The van der Waals surface area contributed by atoms with Gasteiger partial charge in [0.25, 0.3) is 5.91 Å². The molecule has 0 aliphatic carbocycles. The van der Waals surface area contributed by atoms with Gasteiger partial charge in [-0.05, 0) is 6.92 Å². The molecule has 2 rings (SSSR count). The number of aromatic carboxylic acids is 1. The molecule has 1 aliphatic heterocycles. The van der Waals surface area contributed by atoms with Gasteiger partial charge in [0.05, 0.1) is 25.0 Å². The van der Waals surface area contributed by atoms with E-state index in [1.807, 2.05) is 0 Å². The fourth-order valence-corrected chi connectivity index (χ4v) is 1.69. The Morgan fingerprint density at radius 1 is 1.56 bits per heavy atom. The molecule has 1 aromatic heterocycles. The molecule has 1 saturated heterocycles. The van der Waals surface area contributed by atoms with Crippen LogP contribution in [0.4, 0.5) is 0 Å². The number of hydrogen-bond acceptors (Lipinski definition) is 4. The van der Waals surface area contributed by atoms with Crippen LogP contribution in [-0.2, 0) is 0 Å². The second-order valence-corrected chi connectivity index (χ2v) is 4.09. The number of carbonyl (C=O) groups excluding carboxylic acids is 1. The number of imidazole rings is 1. The van der Waals surface area contributed by atoms with Gasteiger partial charge < -0.3 is 20.1 Å². The first-order chi connectivity index (χ1) is 7.41. The third-order valence-electron chi connectivity index (χ3n) is 2.41. The van der Waals surface area contributed by atoms with Crippen molar-refractivity contribution in [3.05, 3.63) is 17.7 Å². The summed E-state index contributed by atoms with van der Waals surface area (Å²) in [7, 11) is 0. The Labute approximate surface area is 90.7 Å². The number of carboxylic acid groups (broad SMARTS) is 1. The van der Waals surface area contributed by atoms with Gasteiger partial charge in [-0.25, -0.2) is 9.78 Å². The van der Waals surface area contributed by atoms with E-state index in [9.17, 15) is 14.7 Å². The largest absolute Gasteiger partial charge is 0.477 e. The van der Waals surface area contributed by atoms with Crippen molar-refractivity contribution < 1.29 is 19.8 Å². The molecule has 1 aliphatic rings. The summed E-state index contributed by atoms with van der Waals surface area (Å²) in [6, 6.07) is 0. The highest BCUT2D eigenvalue weighted by Crippen LogP contribution is 2.22. The number of carboxylic acids is 1.